The molecule has 0 aliphatic carbocycles. The molecule has 202 valence electrons. The quantitative estimate of drug-likeness (QED) is 0.0540. The number of carbonyl (C=O) groups excluding carboxylic acids is 1. The summed E-state index contributed by atoms with van der Waals surface area (Å²) in [7, 11) is 3.07. The number of halogens is 1. The molecule has 0 spiro atoms. The fourth-order valence-corrected chi connectivity index (χ4v) is 3.89. The minimum absolute atomic E-state index is 0.263. The van der Waals surface area contributed by atoms with Crippen LogP contribution in [0.5, 0.6) is 23.0 Å². The van der Waals surface area contributed by atoms with E-state index in [2.05, 4.69) is 13.0 Å². The van der Waals surface area contributed by atoms with Crippen LogP contribution < -0.4 is 18.9 Å². The molecular formula is C32H32ClNO5. The third-order valence-electron chi connectivity index (χ3n) is 5.84. The SMILES string of the molecule is CCCCCCOc1ccc(/C=C/C(=O)Oc2ccc(/C=C(\C#N)c3ccc(Cl)cc3)cc2OC)cc1OC. The van der Waals surface area contributed by atoms with Crippen molar-refractivity contribution in [2.75, 3.05) is 20.8 Å². The van der Waals surface area contributed by atoms with Crippen LogP contribution in [0.25, 0.3) is 17.7 Å². The number of benzene rings is 3. The van der Waals surface area contributed by atoms with Crippen molar-refractivity contribution in [1.29, 1.82) is 5.26 Å². The molecule has 0 unspecified atom stereocenters. The summed E-state index contributed by atoms with van der Waals surface area (Å²) < 4.78 is 22.2. The van der Waals surface area contributed by atoms with E-state index >= 15 is 0 Å². The standard InChI is InChI=1S/C32H32ClNO5/c1-4-5-6-7-18-38-28-15-8-23(20-30(28)36-2)10-17-32(35)39-29-16-9-24(21-31(29)37-3)19-26(22-34)25-11-13-27(33)14-12-25/h8-17,19-21H,4-7,18H2,1-3H3/b17-10+,26-19+. The Kier molecular flexibility index (Phi) is 11.5. The second-order valence-electron chi connectivity index (χ2n) is 8.66. The summed E-state index contributed by atoms with van der Waals surface area (Å²) in [6.45, 7) is 2.81. The zero-order chi connectivity index (χ0) is 28.0. The number of allylic oxidation sites excluding steroid dienone is 1. The van der Waals surface area contributed by atoms with Gasteiger partial charge in [-0.25, -0.2) is 4.79 Å². The highest BCUT2D eigenvalue weighted by atomic mass is 35.5. The van der Waals surface area contributed by atoms with E-state index < -0.39 is 5.97 Å². The Morgan fingerprint density at radius 1 is 0.872 bits per heavy atom. The first-order chi connectivity index (χ1) is 19.0. The van der Waals surface area contributed by atoms with Crippen molar-refractivity contribution in [2.45, 2.75) is 32.6 Å². The van der Waals surface area contributed by atoms with E-state index in [-0.39, 0.29) is 5.75 Å². The van der Waals surface area contributed by atoms with E-state index in [1.807, 2.05) is 12.1 Å². The molecule has 0 aromatic heterocycles. The first kappa shape index (κ1) is 29.3. The van der Waals surface area contributed by atoms with Gasteiger partial charge in [-0.05, 0) is 71.7 Å². The van der Waals surface area contributed by atoms with Gasteiger partial charge >= 0.3 is 5.97 Å². The van der Waals surface area contributed by atoms with E-state index in [1.54, 1.807) is 67.8 Å². The lowest BCUT2D eigenvalue weighted by Gasteiger charge is -2.11. The number of carbonyl (C=O) groups is 1. The van der Waals surface area contributed by atoms with E-state index in [0.29, 0.717) is 40.0 Å². The van der Waals surface area contributed by atoms with Crippen LogP contribution in [0.15, 0.2) is 66.7 Å². The molecule has 0 aliphatic heterocycles. The molecule has 39 heavy (non-hydrogen) atoms. The van der Waals surface area contributed by atoms with Crippen LogP contribution in [-0.2, 0) is 4.79 Å². The maximum atomic E-state index is 12.5. The van der Waals surface area contributed by atoms with E-state index in [0.717, 1.165) is 24.0 Å². The van der Waals surface area contributed by atoms with Crippen molar-refractivity contribution in [3.63, 3.8) is 0 Å². The summed E-state index contributed by atoms with van der Waals surface area (Å²) in [6.07, 6.45) is 9.20. The summed E-state index contributed by atoms with van der Waals surface area (Å²) in [5.74, 6) is 1.33. The smallest absolute Gasteiger partial charge is 0.336 e. The summed E-state index contributed by atoms with van der Waals surface area (Å²) >= 11 is 5.95. The number of hydrogen-bond acceptors (Lipinski definition) is 6. The van der Waals surface area contributed by atoms with Crippen molar-refractivity contribution in [3.05, 3.63) is 88.5 Å². The number of esters is 1. The Labute approximate surface area is 235 Å². The van der Waals surface area contributed by atoms with Gasteiger partial charge in [0.25, 0.3) is 0 Å². The molecule has 3 aromatic carbocycles. The Hall–Kier alpha value is -4.21. The van der Waals surface area contributed by atoms with Gasteiger partial charge in [-0.15, -0.1) is 0 Å². The van der Waals surface area contributed by atoms with Gasteiger partial charge in [-0.2, -0.15) is 5.26 Å². The van der Waals surface area contributed by atoms with Crippen LogP contribution in [0, 0.1) is 11.3 Å². The van der Waals surface area contributed by atoms with Gasteiger partial charge in [-0.1, -0.05) is 62.1 Å². The van der Waals surface area contributed by atoms with Crippen molar-refractivity contribution in [3.8, 4) is 29.1 Å². The van der Waals surface area contributed by atoms with Crippen molar-refractivity contribution in [2.24, 2.45) is 0 Å². The van der Waals surface area contributed by atoms with Crippen LogP contribution >= 0.6 is 11.6 Å². The van der Waals surface area contributed by atoms with Crippen molar-refractivity contribution >= 4 is 35.3 Å². The van der Waals surface area contributed by atoms with Gasteiger partial charge < -0.3 is 18.9 Å². The Balaban J connectivity index is 1.67. The number of rotatable bonds is 13. The molecule has 0 saturated heterocycles. The average molecular weight is 546 g/mol. The maximum absolute atomic E-state index is 12.5. The fraction of sp³-hybridized carbons (Fsp3) is 0.250. The predicted molar refractivity (Wildman–Crippen MR) is 155 cm³/mol. The first-order valence-corrected chi connectivity index (χ1v) is 13.1. The van der Waals surface area contributed by atoms with Gasteiger partial charge in [0.15, 0.2) is 23.0 Å². The zero-order valence-corrected chi connectivity index (χ0v) is 23.2. The molecule has 3 aromatic rings. The highest BCUT2D eigenvalue weighted by Gasteiger charge is 2.11. The van der Waals surface area contributed by atoms with Crippen molar-refractivity contribution in [1.82, 2.24) is 0 Å². The molecule has 6 nitrogen and oxygen atoms in total. The molecule has 0 aliphatic rings. The number of nitrogens with zero attached hydrogens (tertiary/aromatic N) is 1. The number of hydrogen-bond donors (Lipinski definition) is 0. The van der Waals surface area contributed by atoms with Crippen molar-refractivity contribution < 1.29 is 23.7 Å². The number of ether oxygens (including phenoxy) is 4. The minimum atomic E-state index is -0.564. The van der Waals surface area contributed by atoms with Crippen LogP contribution in [0.4, 0.5) is 0 Å². The molecule has 0 saturated carbocycles. The Bertz CT molecular complexity index is 1360. The van der Waals surface area contributed by atoms with Gasteiger partial charge in [0.2, 0.25) is 0 Å². The molecule has 0 amide bonds. The summed E-state index contributed by atoms with van der Waals surface area (Å²) in [4.78, 5) is 12.5. The summed E-state index contributed by atoms with van der Waals surface area (Å²) in [5, 5.41) is 10.2. The summed E-state index contributed by atoms with van der Waals surface area (Å²) in [5.41, 5.74) is 2.68. The third kappa shape index (κ3) is 8.94. The van der Waals surface area contributed by atoms with Crippen LogP contribution in [-0.4, -0.2) is 26.8 Å². The molecular weight excluding hydrogens is 514 g/mol. The molecule has 0 atom stereocenters. The van der Waals surface area contributed by atoms with Gasteiger partial charge in [0.05, 0.1) is 32.5 Å². The molecule has 3 rings (SSSR count). The molecule has 0 N–H and O–H groups in total. The van der Waals surface area contributed by atoms with Gasteiger partial charge in [0, 0.05) is 11.1 Å². The monoisotopic (exact) mass is 545 g/mol. The lowest BCUT2D eigenvalue weighted by Crippen LogP contribution is -2.05. The Morgan fingerprint density at radius 3 is 2.23 bits per heavy atom. The lowest BCUT2D eigenvalue weighted by molar-refractivity contribution is -0.129. The normalized spacial score (nSPS) is 11.2. The van der Waals surface area contributed by atoms with E-state index in [4.69, 9.17) is 30.5 Å². The summed E-state index contributed by atoms with van der Waals surface area (Å²) in [6, 6.07) is 19.8. The predicted octanol–water partition coefficient (Wildman–Crippen LogP) is 8.00. The van der Waals surface area contributed by atoms with Gasteiger partial charge in [0.1, 0.15) is 0 Å². The van der Waals surface area contributed by atoms with E-state index in [9.17, 15) is 10.1 Å². The first-order valence-electron chi connectivity index (χ1n) is 12.7. The van der Waals surface area contributed by atoms with E-state index in [1.165, 1.54) is 26.0 Å². The van der Waals surface area contributed by atoms with Gasteiger partial charge in [-0.3, -0.25) is 0 Å². The Morgan fingerprint density at radius 2 is 1.54 bits per heavy atom. The molecule has 0 radical (unpaired) electrons. The minimum Gasteiger partial charge on any atom is -0.493 e. The molecule has 7 heteroatoms. The van der Waals surface area contributed by atoms with Crippen LogP contribution in [0.1, 0.15) is 49.3 Å². The largest absolute Gasteiger partial charge is 0.493 e. The molecule has 0 bridgehead atoms. The number of unbranched alkanes of at least 4 members (excludes halogenated alkanes) is 3. The zero-order valence-electron chi connectivity index (χ0n) is 22.4. The topological polar surface area (TPSA) is 77.8 Å². The maximum Gasteiger partial charge on any atom is 0.336 e. The number of methoxy groups -OCH3 is 2. The number of nitriles is 1. The molecule has 0 heterocycles. The highest BCUT2D eigenvalue weighted by Crippen LogP contribution is 2.31. The molecule has 0 fully saturated rings. The third-order valence-corrected chi connectivity index (χ3v) is 6.09. The second-order valence-corrected chi connectivity index (χ2v) is 9.10. The fourth-order valence-electron chi connectivity index (χ4n) is 3.76. The second kappa shape index (κ2) is 15.3. The van der Waals surface area contributed by atoms with Crippen LogP contribution in [0.3, 0.4) is 0 Å². The lowest BCUT2D eigenvalue weighted by atomic mass is 10.0. The van der Waals surface area contributed by atoms with Crippen LogP contribution in [0.2, 0.25) is 5.02 Å². The highest BCUT2D eigenvalue weighted by molar-refractivity contribution is 6.30. The average Bonchev–Trinajstić information content (AvgIpc) is 2.96.